The zero-order chi connectivity index (χ0) is 12.6. The van der Waals surface area contributed by atoms with Crippen LogP contribution in [0.1, 0.15) is 39.5 Å². The van der Waals surface area contributed by atoms with Crippen LogP contribution in [0.4, 0.5) is 0 Å². The van der Waals surface area contributed by atoms with Crippen molar-refractivity contribution in [2.45, 2.75) is 45.6 Å². The summed E-state index contributed by atoms with van der Waals surface area (Å²) in [6.45, 7) is 8.36. The van der Waals surface area contributed by atoms with Gasteiger partial charge in [-0.3, -0.25) is 0 Å². The van der Waals surface area contributed by atoms with Crippen LogP contribution in [0, 0.1) is 29.6 Å². The van der Waals surface area contributed by atoms with Crippen molar-refractivity contribution in [2.24, 2.45) is 29.6 Å². The lowest BCUT2D eigenvalue weighted by Crippen LogP contribution is -2.43. The zero-order valence-electron chi connectivity index (χ0n) is 10.9. The Hall–Kier alpha value is -0.630. The van der Waals surface area contributed by atoms with Gasteiger partial charge in [-0.25, -0.2) is 0 Å². The Morgan fingerprint density at radius 2 is 1.94 bits per heavy atom. The SMILES string of the molecule is C=C(C)C1CC(C=O)C2CC(O)CC(C)C2C1. The first-order chi connectivity index (χ1) is 8.02. The van der Waals surface area contributed by atoms with E-state index in [1.54, 1.807) is 0 Å². The number of rotatable bonds is 2. The Balaban J connectivity index is 2.18. The van der Waals surface area contributed by atoms with Crippen LogP contribution in [0.15, 0.2) is 12.2 Å². The summed E-state index contributed by atoms with van der Waals surface area (Å²) < 4.78 is 0. The molecule has 6 atom stereocenters. The second-order valence-electron chi connectivity index (χ2n) is 6.24. The summed E-state index contributed by atoms with van der Waals surface area (Å²) in [4.78, 5) is 11.3. The van der Waals surface area contributed by atoms with Crippen molar-refractivity contribution in [3.8, 4) is 0 Å². The van der Waals surface area contributed by atoms with Crippen molar-refractivity contribution in [1.29, 1.82) is 0 Å². The fraction of sp³-hybridized carbons (Fsp3) is 0.800. The van der Waals surface area contributed by atoms with Gasteiger partial charge in [0.25, 0.3) is 0 Å². The van der Waals surface area contributed by atoms with E-state index >= 15 is 0 Å². The van der Waals surface area contributed by atoms with Gasteiger partial charge in [-0.1, -0.05) is 19.1 Å². The molecule has 2 rings (SSSR count). The highest BCUT2D eigenvalue weighted by molar-refractivity contribution is 5.54. The molecule has 96 valence electrons. The minimum absolute atomic E-state index is 0.132. The maximum atomic E-state index is 11.3. The molecule has 0 aromatic rings. The lowest BCUT2D eigenvalue weighted by atomic mass is 9.58. The van der Waals surface area contributed by atoms with E-state index in [2.05, 4.69) is 20.4 Å². The molecule has 6 unspecified atom stereocenters. The van der Waals surface area contributed by atoms with Crippen molar-refractivity contribution >= 4 is 6.29 Å². The van der Waals surface area contributed by atoms with Gasteiger partial charge in [0.1, 0.15) is 6.29 Å². The largest absolute Gasteiger partial charge is 0.393 e. The predicted octanol–water partition coefficient (Wildman–Crippen LogP) is 2.81. The Bertz CT molecular complexity index is 310. The minimum Gasteiger partial charge on any atom is -0.393 e. The van der Waals surface area contributed by atoms with E-state index in [4.69, 9.17) is 0 Å². The number of allylic oxidation sites excluding steroid dienone is 1. The number of aliphatic hydroxyl groups is 1. The lowest BCUT2D eigenvalue weighted by Gasteiger charge is -2.47. The van der Waals surface area contributed by atoms with E-state index in [9.17, 15) is 9.90 Å². The van der Waals surface area contributed by atoms with E-state index in [-0.39, 0.29) is 12.0 Å². The molecule has 2 fully saturated rings. The molecule has 0 aromatic heterocycles. The quantitative estimate of drug-likeness (QED) is 0.591. The molecule has 0 radical (unpaired) electrons. The van der Waals surface area contributed by atoms with Crippen molar-refractivity contribution < 1.29 is 9.90 Å². The fourth-order valence-electron chi connectivity index (χ4n) is 4.00. The van der Waals surface area contributed by atoms with E-state index in [0.717, 1.165) is 32.0 Å². The molecule has 2 aliphatic rings. The van der Waals surface area contributed by atoms with Gasteiger partial charge in [0.05, 0.1) is 6.10 Å². The van der Waals surface area contributed by atoms with Gasteiger partial charge in [-0.05, 0) is 56.3 Å². The number of aliphatic hydroxyl groups excluding tert-OH is 1. The average Bonchev–Trinajstić information content (AvgIpc) is 2.27. The minimum atomic E-state index is -0.199. The normalized spacial score (nSPS) is 46.1. The van der Waals surface area contributed by atoms with Gasteiger partial charge in [-0.2, -0.15) is 0 Å². The van der Waals surface area contributed by atoms with Crippen LogP contribution in [0.3, 0.4) is 0 Å². The second-order valence-corrected chi connectivity index (χ2v) is 6.24. The molecule has 2 nitrogen and oxygen atoms in total. The summed E-state index contributed by atoms with van der Waals surface area (Å²) >= 11 is 0. The highest BCUT2D eigenvalue weighted by atomic mass is 16.3. The van der Waals surface area contributed by atoms with Crippen LogP contribution in [-0.4, -0.2) is 17.5 Å². The molecule has 0 saturated heterocycles. The van der Waals surface area contributed by atoms with Crippen molar-refractivity contribution in [2.75, 3.05) is 0 Å². The third kappa shape index (κ3) is 2.47. The highest BCUT2D eigenvalue weighted by Crippen LogP contribution is 2.49. The smallest absolute Gasteiger partial charge is 0.123 e. The van der Waals surface area contributed by atoms with Gasteiger partial charge >= 0.3 is 0 Å². The summed E-state index contributed by atoms with van der Waals surface area (Å²) in [6.07, 6.45) is 4.75. The molecule has 0 heterocycles. The van der Waals surface area contributed by atoms with Crippen molar-refractivity contribution in [3.63, 3.8) is 0 Å². The third-order valence-electron chi connectivity index (χ3n) is 5.00. The van der Waals surface area contributed by atoms with Gasteiger partial charge in [0.2, 0.25) is 0 Å². The Morgan fingerprint density at radius 3 is 2.53 bits per heavy atom. The van der Waals surface area contributed by atoms with Gasteiger partial charge in [-0.15, -0.1) is 0 Å². The lowest BCUT2D eigenvalue weighted by molar-refractivity contribution is -0.118. The summed E-state index contributed by atoms with van der Waals surface area (Å²) in [5.74, 6) is 2.18. The Kier molecular flexibility index (Phi) is 3.72. The van der Waals surface area contributed by atoms with Gasteiger partial charge in [0.15, 0.2) is 0 Å². The zero-order valence-corrected chi connectivity index (χ0v) is 10.9. The molecule has 0 bridgehead atoms. The highest BCUT2D eigenvalue weighted by Gasteiger charge is 2.44. The van der Waals surface area contributed by atoms with Crippen LogP contribution < -0.4 is 0 Å². The molecule has 2 saturated carbocycles. The molecular weight excluding hydrogens is 212 g/mol. The summed E-state index contributed by atoms with van der Waals surface area (Å²) in [5, 5.41) is 9.87. The van der Waals surface area contributed by atoms with Crippen molar-refractivity contribution in [1.82, 2.24) is 0 Å². The number of aldehydes is 1. The van der Waals surface area contributed by atoms with Gasteiger partial charge < -0.3 is 9.90 Å². The standard InChI is InChI=1S/C15H24O2/c1-9(2)11-5-12(8-16)15-7-13(17)4-10(3)14(15)6-11/h8,10-15,17H,1,4-7H2,2-3H3. The number of fused-ring (bicyclic) bond motifs is 1. The maximum Gasteiger partial charge on any atom is 0.123 e. The first-order valence-electron chi connectivity index (χ1n) is 6.81. The summed E-state index contributed by atoms with van der Waals surface area (Å²) in [6, 6.07) is 0. The Labute approximate surface area is 104 Å². The topological polar surface area (TPSA) is 37.3 Å². The molecule has 2 heteroatoms. The average molecular weight is 236 g/mol. The molecule has 0 aromatic carbocycles. The number of hydrogen-bond donors (Lipinski definition) is 1. The number of carbonyl (C=O) groups excluding carboxylic acids is 1. The van der Waals surface area contributed by atoms with E-state index in [1.165, 1.54) is 5.57 Å². The summed E-state index contributed by atoms with van der Waals surface area (Å²) in [5.41, 5.74) is 1.22. The van der Waals surface area contributed by atoms with E-state index < -0.39 is 0 Å². The molecule has 0 spiro atoms. The molecule has 17 heavy (non-hydrogen) atoms. The van der Waals surface area contributed by atoms with Crippen molar-refractivity contribution in [3.05, 3.63) is 12.2 Å². The Morgan fingerprint density at radius 1 is 1.24 bits per heavy atom. The van der Waals surface area contributed by atoms with Crippen LogP contribution >= 0.6 is 0 Å². The molecule has 0 amide bonds. The monoisotopic (exact) mass is 236 g/mol. The third-order valence-corrected chi connectivity index (χ3v) is 5.00. The van der Waals surface area contributed by atoms with E-state index in [1.807, 2.05) is 0 Å². The first kappa shape index (κ1) is 12.8. The first-order valence-corrected chi connectivity index (χ1v) is 6.81. The van der Waals surface area contributed by atoms with E-state index in [0.29, 0.717) is 23.7 Å². The molecule has 0 aliphatic heterocycles. The van der Waals surface area contributed by atoms with Gasteiger partial charge in [0, 0.05) is 5.92 Å². The second kappa shape index (κ2) is 4.93. The maximum absolute atomic E-state index is 11.3. The van der Waals surface area contributed by atoms with Crippen LogP contribution in [0.2, 0.25) is 0 Å². The molecule has 2 aliphatic carbocycles. The predicted molar refractivity (Wildman–Crippen MR) is 68.5 cm³/mol. The number of hydrogen-bond acceptors (Lipinski definition) is 2. The van der Waals surface area contributed by atoms with Crippen LogP contribution in [-0.2, 0) is 4.79 Å². The van der Waals surface area contributed by atoms with Crippen LogP contribution in [0.25, 0.3) is 0 Å². The number of carbonyl (C=O) groups is 1. The molecular formula is C15H24O2. The van der Waals surface area contributed by atoms with Crippen LogP contribution in [0.5, 0.6) is 0 Å². The summed E-state index contributed by atoms with van der Waals surface area (Å²) in [7, 11) is 0. The fourth-order valence-corrected chi connectivity index (χ4v) is 4.00. The molecule has 1 N–H and O–H groups in total.